The van der Waals surface area contributed by atoms with Crippen molar-refractivity contribution in [2.45, 2.75) is 6.61 Å². The van der Waals surface area contributed by atoms with E-state index in [0.29, 0.717) is 10.6 Å². The number of hydrogen-bond acceptors (Lipinski definition) is 5. The molecule has 0 N–H and O–H groups in total. The highest BCUT2D eigenvalue weighted by molar-refractivity contribution is 6.37. The van der Waals surface area contributed by atoms with Crippen molar-refractivity contribution in [1.82, 2.24) is 0 Å². The van der Waals surface area contributed by atoms with Gasteiger partial charge >= 0.3 is 11.9 Å². The van der Waals surface area contributed by atoms with Crippen molar-refractivity contribution in [3.63, 3.8) is 0 Å². The molecule has 0 unspecified atom stereocenters. The van der Waals surface area contributed by atoms with Gasteiger partial charge in [0.2, 0.25) is 0 Å². The number of carbonyl (C=O) groups is 2. The molecular formula is C19H15Cl3O5. The molecule has 0 aliphatic carbocycles. The Hall–Kier alpha value is -2.21. The van der Waals surface area contributed by atoms with Crippen LogP contribution in [0.3, 0.4) is 0 Å². The first kappa shape index (κ1) is 21.1. The summed E-state index contributed by atoms with van der Waals surface area (Å²) in [7, 11) is 2.32. The average Bonchev–Trinajstić information content (AvgIpc) is 2.64. The molecular weight excluding hydrogens is 415 g/mol. The minimum atomic E-state index is -0.838. The van der Waals surface area contributed by atoms with Crippen molar-refractivity contribution in [3.8, 4) is 5.75 Å². The van der Waals surface area contributed by atoms with E-state index >= 15 is 0 Å². The predicted molar refractivity (Wildman–Crippen MR) is 104 cm³/mol. The third-order valence-electron chi connectivity index (χ3n) is 3.41. The first-order valence-corrected chi connectivity index (χ1v) is 8.73. The molecule has 0 heterocycles. The minimum absolute atomic E-state index is 0.213. The molecule has 0 radical (unpaired) electrons. The third-order valence-corrected chi connectivity index (χ3v) is 4.21. The van der Waals surface area contributed by atoms with Gasteiger partial charge in [-0.2, -0.15) is 0 Å². The van der Waals surface area contributed by atoms with Crippen LogP contribution in [0.25, 0.3) is 6.08 Å². The molecule has 0 saturated carbocycles. The number of halogens is 3. The van der Waals surface area contributed by atoms with Gasteiger partial charge in [0.05, 0.1) is 24.3 Å². The summed E-state index contributed by atoms with van der Waals surface area (Å²) in [6, 6.07) is 10.2. The number of benzene rings is 2. The second kappa shape index (κ2) is 9.65. The Labute approximate surface area is 171 Å². The first-order chi connectivity index (χ1) is 12.8. The summed E-state index contributed by atoms with van der Waals surface area (Å²) in [5.41, 5.74) is 0.961. The van der Waals surface area contributed by atoms with Gasteiger partial charge in [-0.15, -0.1) is 0 Å². The molecule has 0 spiro atoms. The highest BCUT2D eigenvalue weighted by atomic mass is 35.5. The van der Waals surface area contributed by atoms with E-state index in [2.05, 4.69) is 9.47 Å². The molecule has 2 aromatic rings. The smallest absolute Gasteiger partial charge is 0.345 e. The van der Waals surface area contributed by atoms with E-state index in [9.17, 15) is 9.59 Å². The summed E-state index contributed by atoms with van der Waals surface area (Å²) in [5.74, 6) is -1.40. The summed E-state index contributed by atoms with van der Waals surface area (Å²) in [6.45, 7) is 0.213. The number of hydrogen-bond donors (Lipinski definition) is 0. The quantitative estimate of drug-likeness (QED) is 0.281. The van der Waals surface area contributed by atoms with Crippen LogP contribution in [-0.2, 0) is 25.7 Å². The van der Waals surface area contributed by atoms with E-state index in [4.69, 9.17) is 39.5 Å². The molecule has 0 bridgehead atoms. The molecule has 0 atom stereocenters. The van der Waals surface area contributed by atoms with Crippen molar-refractivity contribution < 1.29 is 23.8 Å². The number of methoxy groups -OCH3 is 2. The van der Waals surface area contributed by atoms with Crippen LogP contribution in [0.1, 0.15) is 11.1 Å². The van der Waals surface area contributed by atoms with Crippen molar-refractivity contribution in [3.05, 3.63) is 68.2 Å². The van der Waals surface area contributed by atoms with E-state index in [1.165, 1.54) is 18.2 Å². The molecule has 8 heteroatoms. The average molecular weight is 430 g/mol. The van der Waals surface area contributed by atoms with Crippen LogP contribution in [-0.4, -0.2) is 26.2 Å². The van der Waals surface area contributed by atoms with Crippen LogP contribution in [0.2, 0.25) is 15.1 Å². The molecule has 0 saturated heterocycles. The third kappa shape index (κ3) is 5.63. The van der Waals surface area contributed by atoms with Crippen LogP contribution >= 0.6 is 34.8 Å². The lowest BCUT2D eigenvalue weighted by Crippen LogP contribution is -2.15. The SMILES string of the molecule is COC(=O)C(=Cc1cc(Cl)c(OCc2cccc(Cl)c2)c(Cl)c1)C(=O)OC. The standard InChI is InChI=1S/C19H15Cl3O5/c1-25-18(23)14(19(24)26-2)7-12-8-15(21)17(16(22)9-12)27-10-11-4-3-5-13(20)6-11/h3-9H,10H2,1-2H3. The van der Waals surface area contributed by atoms with Gasteiger partial charge in [0.15, 0.2) is 5.75 Å². The van der Waals surface area contributed by atoms with E-state index in [1.807, 2.05) is 6.07 Å². The highest BCUT2D eigenvalue weighted by Crippen LogP contribution is 2.35. The Balaban J connectivity index is 2.28. The Morgan fingerprint density at radius 2 is 1.56 bits per heavy atom. The number of rotatable bonds is 6. The van der Waals surface area contributed by atoms with Gasteiger partial charge in [-0.25, -0.2) is 9.59 Å². The molecule has 0 aliphatic heterocycles. The first-order valence-electron chi connectivity index (χ1n) is 7.60. The molecule has 0 aliphatic rings. The lowest BCUT2D eigenvalue weighted by atomic mass is 10.1. The van der Waals surface area contributed by atoms with E-state index in [0.717, 1.165) is 19.8 Å². The fourth-order valence-corrected chi connectivity index (χ4v) is 3.00. The number of esters is 2. The molecule has 0 amide bonds. The highest BCUT2D eigenvalue weighted by Gasteiger charge is 2.20. The van der Waals surface area contributed by atoms with Gasteiger partial charge in [-0.3, -0.25) is 0 Å². The second-order valence-electron chi connectivity index (χ2n) is 5.27. The summed E-state index contributed by atoms with van der Waals surface area (Å²) >= 11 is 18.4. The van der Waals surface area contributed by atoms with E-state index in [1.54, 1.807) is 18.2 Å². The number of carbonyl (C=O) groups excluding carboxylic acids is 2. The van der Waals surface area contributed by atoms with Crippen LogP contribution < -0.4 is 4.74 Å². The lowest BCUT2D eigenvalue weighted by molar-refractivity contribution is -0.143. The zero-order valence-electron chi connectivity index (χ0n) is 14.4. The summed E-state index contributed by atoms with van der Waals surface area (Å²) < 4.78 is 14.8. The summed E-state index contributed by atoms with van der Waals surface area (Å²) in [6.07, 6.45) is 1.27. The molecule has 27 heavy (non-hydrogen) atoms. The lowest BCUT2D eigenvalue weighted by Gasteiger charge is -2.11. The normalized spacial score (nSPS) is 10.1. The minimum Gasteiger partial charge on any atom is -0.486 e. The van der Waals surface area contributed by atoms with E-state index in [-0.39, 0.29) is 28.0 Å². The van der Waals surface area contributed by atoms with Crippen molar-refractivity contribution >= 4 is 52.8 Å². The molecule has 0 aromatic heterocycles. The van der Waals surface area contributed by atoms with Crippen molar-refractivity contribution in [2.24, 2.45) is 0 Å². The molecule has 0 fully saturated rings. The van der Waals surface area contributed by atoms with Crippen LogP contribution in [0.4, 0.5) is 0 Å². The Morgan fingerprint density at radius 1 is 0.963 bits per heavy atom. The van der Waals surface area contributed by atoms with Gasteiger partial charge in [-0.1, -0.05) is 46.9 Å². The maximum atomic E-state index is 11.7. The van der Waals surface area contributed by atoms with Crippen molar-refractivity contribution in [2.75, 3.05) is 14.2 Å². The van der Waals surface area contributed by atoms with Crippen LogP contribution in [0, 0.1) is 0 Å². The topological polar surface area (TPSA) is 61.8 Å². The van der Waals surface area contributed by atoms with Crippen LogP contribution in [0.5, 0.6) is 5.75 Å². The van der Waals surface area contributed by atoms with Crippen molar-refractivity contribution in [1.29, 1.82) is 0 Å². The molecule has 2 rings (SSSR count). The maximum absolute atomic E-state index is 11.7. The van der Waals surface area contributed by atoms with Gasteiger partial charge in [0, 0.05) is 5.02 Å². The fraction of sp³-hybridized carbons (Fsp3) is 0.158. The van der Waals surface area contributed by atoms with E-state index < -0.39 is 11.9 Å². The Kier molecular flexibility index (Phi) is 7.54. The predicted octanol–water partition coefficient (Wildman–Crippen LogP) is 4.96. The zero-order valence-corrected chi connectivity index (χ0v) is 16.7. The van der Waals surface area contributed by atoms with Gasteiger partial charge in [0.1, 0.15) is 12.2 Å². The second-order valence-corrected chi connectivity index (χ2v) is 6.52. The monoisotopic (exact) mass is 428 g/mol. The largest absolute Gasteiger partial charge is 0.486 e. The fourth-order valence-electron chi connectivity index (χ4n) is 2.17. The molecule has 142 valence electrons. The maximum Gasteiger partial charge on any atom is 0.345 e. The molecule has 2 aromatic carbocycles. The van der Waals surface area contributed by atoms with Gasteiger partial charge in [0.25, 0.3) is 0 Å². The Bertz CT molecular complexity index is 852. The zero-order chi connectivity index (χ0) is 20.0. The number of ether oxygens (including phenoxy) is 3. The molecule has 5 nitrogen and oxygen atoms in total. The van der Waals surface area contributed by atoms with Gasteiger partial charge < -0.3 is 14.2 Å². The Morgan fingerprint density at radius 3 is 2.07 bits per heavy atom. The summed E-state index contributed by atoms with van der Waals surface area (Å²) in [5, 5.41) is 1.02. The van der Waals surface area contributed by atoms with Crippen LogP contribution in [0.15, 0.2) is 42.0 Å². The van der Waals surface area contributed by atoms with Gasteiger partial charge in [-0.05, 0) is 41.5 Å². The summed E-state index contributed by atoms with van der Waals surface area (Å²) in [4.78, 5) is 23.5.